The van der Waals surface area contributed by atoms with Gasteiger partial charge in [-0.15, -0.1) is 0 Å². The van der Waals surface area contributed by atoms with Crippen LogP contribution in [0.1, 0.15) is 32.6 Å². The second kappa shape index (κ2) is 8.11. The largest absolute Gasteiger partial charge is 0.465 e. The van der Waals surface area contributed by atoms with Gasteiger partial charge in [-0.1, -0.05) is 31.9 Å². The van der Waals surface area contributed by atoms with E-state index >= 15 is 0 Å². The third-order valence-corrected chi connectivity index (χ3v) is 1.48. The summed E-state index contributed by atoms with van der Waals surface area (Å²) in [6, 6.07) is 0. The summed E-state index contributed by atoms with van der Waals surface area (Å²) in [6.07, 6.45) is 7.48. The van der Waals surface area contributed by atoms with E-state index in [1.807, 2.05) is 6.08 Å². The van der Waals surface area contributed by atoms with Crippen LogP contribution in [0.4, 0.5) is 4.79 Å². The van der Waals surface area contributed by atoms with E-state index in [9.17, 15) is 4.79 Å². The Morgan fingerprint density at radius 2 is 2.08 bits per heavy atom. The molecule has 0 aliphatic carbocycles. The van der Waals surface area contributed by atoms with Gasteiger partial charge >= 0.3 is 6.09 Å². The van der Waals surface area contributed by atoms with Crippen LogP contribution in [0.15, 0.2) is 12.2 Å². The average molecular weight is 171 g/mol. The van der Waals surface area contributed by atoms with E-state index in [1.165, 1.54) is 12.8 Å². The van der Waals surface area contributed by atoms with Crippen molar-refractivity contribution in [3.63, 3.8) is 0 Å². The standard InChI is InChI=1S/C9H17NO2/c1-2-3-4-5-6-7-8-10-9(11)12/h5-6,10H,2-4,7-8H2,1H3,(H,11,12). The van der Waals surface area contributed by atoms with Gasteiger partial charge < -0.3 is 10.4 Å². The van der Waals surface area contributed by atoms with Crippen LogP contribution in [-0.4, -0.2) is 17.7 Å². The molecule has 3 nitrogen and oxygen atoms in total. The molecular weight excluding hydrogens is 154 g/mol. The molecule has 0 unspecified atom stereocenters. The Morgan fingerprint density at radius 1 is 1.42 bits per heavy atom. The van der Waals surface area contributed by atoms with E-state index in [1.54, 1.807) is 0 Å². The van der Waals surface area contributed by atoms with Crippen molar-refractivity contribution in [2.75, 3.05) is 6.54 Å². The van der Waals surface area contributed by atoms with Gasteiger partial charge in [-0.2, -0.15) is 0 Å². The molecule has 0 atom stereocenters. The van der Waals surface area contributed by atoms with Gasteiger partial charge in [-0.05, 0) is 12.8 Å². The van der Waals surface area contributed by atoms with Gasteiger partial charge in [-0.3, -0.25) is 0 Å². The summed E-state index contributed by atoms with van der Waals surface area (Å²) in [5, 5.41) is 10.5. The van der Waals surface area contributed by atoms with Crippen LogP contribution in [0.2, 0.25) is 0 Å². The lowest BCUT2D eigenvalue weighted by atomic mass is 10.2. The maximum absolute atomic E-state index is 10.00. The van der Waals surface area contributed by atoms with Gasteiger partial charge in [0.15, 0.2) is 0 Å². The normalized spacial score (nSPS) is 10.4. The molecule has 0 saturated carbocycles. The second-order valence-electron chi connectivity index (χ2n) is 2.63. The summed E-state index contributed by atoms with van der Waals surface area (Å²) in [5.74, 6) is 0. The zero-order valence-corrected chi connectivity index (χ0v) is 7.55. The highest BCUT2D eigenvalue weighted by molar-refractivity contribution is 5.64. The summed E-state index contributed by atoms with van der Waals surface area (Å²) in [4.78, 5) is 10.00. The Bertz CT molecular complexity index is 143. The van der Waals surface area contributed by atoms with E-state index in [2.05, 4.69) is 18.3 Å². The number of nitrogens with one attached hydrogen (secondary N) is 1. The predicted molar refractivity (Wildman–Crippen MR) is 49.3 cm³/mol. The van der Waals surface area contributed by atoms with Crippen LogP contribution in [0.25, 0.3) is 0 Å². The number of rotatable bonds is 6. The predicted octanol–water partition coefficient (Wildman–Crippen LogP) is 2.39. The highest BCUT2D eigenvalue weighted by Crippen LogP contribution is 1.95. The van der Waals surface area contributed by atoms with Crippen LogP contribution in [0.5, 0.6) is 0 Å². The van der Waals surface area contributed by atoms with E-state index in [0.29, 0.717) is 6.54 Å². The minimum absolute atomic E-state index is 0.512. The highest BCUT2D eigenvalue weighted by Gasteiger charge is 1.88. The molecule has 0 spiro atoms. The number of hydrogen-bond acceptors (Lipinski definition) is 1. The molecule has 0 fully saturated rings. The van der Waals surface area contributed by atoms with E-state index in [0.717, 1.165) is 12.8 Å². The zero-order valence-electron chi connectivity index (χ0n) is 7.55. The molecule has 1 amide bonds. The fourth-order valence-corrected chi connectivity index (χ4v) is 0.820. The topological polar surface area (TPSA) is 49.3 Å². The molecule has 0 aromatic rings. The highest BCUT2D eigenvalue weighted by atomic mass is 16.4. The molecule has 70 valence electrons. The number of hydrogen-bond donors (Lipinski definition) is 2. The number of carbonyl (C=O) groups is 1. The van der Waals surface area contributed by atoms with Crippen molar-refractivity contribution < 1.29 is 9.90 Å². The zero-order chi connectivity index (χ0) is 9.23. The van der Waals surface area contributed by atoms with Crippen LogP contribution >= 0.6 is 0 Å². The molecule has 0 saturated heterocycles. The smallest absolute Gasteiger partial charge is 0.404 e. The van der Waals surface area contributed by atoms with Crippen LogP contribution in [-0.2, 0) is 0 Å². The third-order valence-electron chi connectivity index (χ3n) is 1.48. The number of allylic oxidation sites excluding steroid dienone is 1. The Hall–Kier alpha value is -0.990. The van der Waals surface area contributed by atoms with Crippen molar-refractivity contribution in [1.82, 2.24) is 5.32 Å². The van der Waals surface area contributed by atoms with Gasteiger partial charge in [0.1, 0.15) is 0 Å². The first-order valence-electron chi connectivity index (χ1n) is 4.39. The first-order valence-corrected chi connectivity index (χ1v) is 4.39. The third kappa shape index (κ3) is 9.01. The molecule has 0 heterocycles. The molecule has 0 bridgehead atoms. The Morgan fingerprint density at radius 3 is 2.67 bits per heavy atom. The second-order valence-corrected chi connectivity index (χ2v) is 2.63. The minimum Gasteiger partial charge on any atom is -0.465 e. The minimum atomic E-state index is -0.947. The molecule has 0 aliphatic heterocycles. The number of carboxylic acid groups (broad SMARTS) is 1. The Labute approximate surface area is 73.5 Å². The lowest BCUT2D eigenvalue weighted by Gasteiger charge is -1.94. The first kappa shape index (κ1) is 11.0. The van der Waals surface area contributed by atoms with Crippen molar-refractivity contribution >= 4 is 6.09 Å². The first-order chi connectivity index (χ1) is 5.77. The fourth-order valence-electron chi connectivity index (χ4n) is 0.820. The van der Waals surface area contributed by atoms with Gasteiger partial charge in [0.25, 0.3) is 0 Å². The molecule has 0 aliphatic rings. The molecular formula is C9H17NO2. The number of amides is 1. The monoisotopic (exact) mass is 171 g/mol. The molecule has 3 heteroatoms. The Kier molecular flexibility index (Phi) is 7.44. The lowest BCUT2D eigenvalue weighted by Crippen LogP contribution is -2.21. The summed E-state index contributed by atoms with van der Waals surface area (Å²) in [7, 11) is 0. The van der Waals surface area contributed by atoms with Crippen LogP contribution < -0.4 is 5.32 Å². The fraction of sp³-hybridized carbons (Fsp3) is 0.667. The Balaban J connectivity index is 3.08. The summed E-state index contributed by atoms with van der Waals surface area (Å²) in [6.45, 7) is 2.66. The van der Waals surface area contributed by atoms with Crippen LogP contribution in [0, 0.1) is 0 Å². The molecule has 12 heavy (non-hydrogen) atoms. The van der Waals surface area contributed by atoms with Gasteiger partial charge in [0.05, 0.1) is 0 Å². The van der Waals surface area contributed by atoms with Crippen molar-refractivity contribution in [2.45, 2.75) is 32.6 Å². The SMILES string of the molecule is CCCCC=CCCNC(=O)O. The quantitative estimate of drug-likeness (QED) is 0.476. The molecule has 0 aromatic carbocycles. The molecule has 0 rings (SSSR count). The van der Waals surface area contributed by atoms with Crippen LogP contribution in [0.3, 0.4) is 0 Å². The summed E-state index contributed by atoms with van der Waals surface area (Å²) >= 11 is 0. The molecule has 2 N–H and O–H groups in total. The van der Waals surface area contributed by atoms with Crippen molar-refractivity contribution in [1.29, 1.82) is 0 Å². The van der Waals surface area contributed by atoms with E-state index in [4.69, 9.17) is 5.11 Å². The summed E-state index contributed by atoms with van der Waals surface area (Å²) < 4.78 is 0. The van der Waals surface area contributed by atoms with Crippen molar-refractivity contribution in [2.24, 2.45) is 0 Å². The van der Waals surface area contributed by atoms with Gasteiger partial charge in [0.2, 0.25) is 0 Å². The van der Waals surface area contributed by atoms with E-state index < -0.39 is 6.09 Å². The lowest BCUT2D eigenvalue weighted by molar-refractivity contribution is 0.194. The summed E-state index contributed by atoms with van der Waals surface area (Å²) in [5.41, 5.74) is 0. The number of unbranched alkanes of at least 4 members (excludes halogenated alkanes) is 2. The van der Waals surface area contributed by atoms with Gasteiger partial charge in [-0.25, -0.2) is 4.79 Å². The molecule has 0 aromatic heterocycles. The average Bonchev–Trinajstić information content (AvgIpc) is 2.02. The maximum Gasteiger partial charge on any atom is 0.404 e. The molecule has 0 radical (unpaired) electrons. The van der Waals surface area contributed by atoms with E-state index in [-0.39, 0.29) is 0 Å². The van der Waals surface area contributed by atoms with Gasteiger partial charge in [0, 0.05) is 6.54 Å². The maximum atomic E-state index is 10.00. The van der Waals surface area contributed by atoms with Crippen molar-refractivity contribution in [3.05, 3.63) is 12.2 Å². The van der Waals surface area contributed by atoms with Crippen molar-refractivity contribution in [3.8, 4) is 0 Å².